The first-order chi connectivity index (χ1) is 11.9. The zero-order valence-corrected chi connectivity index (χ0v) is 13.2. The Morgan fingerprint density at radius 1 is 1.16 bits per heavy atom. The van der Waals surface area contributed by atoms with E-state index in [1.807, 2.05) is 0 Å². The van der Waals surface area contributed by atoms with Gasteiger partial charge < -0.3 is 5.73 Å². The number of hydrogen-bond donors (Lipinski definition) is 1. The smallest absolute Gasteiger partial charge is 0.272 e. The Bertz CT molecular complexity index is 931. The highest BCUT2D eigenvalue weighted by Gasteiger charge is 2.43. The summed E-state index contributed by atoms with van der Waals surface area (Å²) in [6, 6.07) is 7.85. The standard InChI is InChI=1S/C16H15F3N6/c17-11-4-2-1-3-10(11)12-7-14-22-13(23-25(14)15(20)21-12)5-6-24-8-16(18,19)9-24/h1-4,7H,5-6,8-9H2,(H2,20,21). The Labute approximate surface area is 141 Å². The predicted octanol–water partition coefficient (Wildman–Crippen LogP) is 2.01. The highest BCUT2D eigenvalue weighted by molar-refractivity contribution is 5.65. The van der Waals surface area contributed by atoms with Gasteiger partial charge in [-0.2, -0.15) is 4.52 Å². The Kier molecular flexibility index (Phi) is 3.60. The first-order valence-corrected chi connectivity index (χ1v) is 7.78. The van der Waals surface area contributed by atoms with E-state index in [0.29, 0.717) is 35.7 Å². The van der Waals surface area contributed by atoms with Crippen molar-refractivity contribution in [3.63, 3.8) is 0 Å². The van der Waals surface area contributed by atoms with Crippen LogP contribution in [0.5, 0.6) is 0 Å². The van der Waals surface area contributed by atoms with Gasteiger partial charge >= 0.3 is 0 Å². The summed E-state index contributed by atoms with van der Waals surface area (Å²) in [5, 5.41) is 4.25. The minimum absolute atomic E-state index is 0.0880. The van der Waals surface area contributed by atoms with Gasteiger partial charge in [-0.25, -0.2) is 23.1 Å². The van der Waals surface area contributed by atoms with E-state index in [1.165, 1.54) is 10.6 Å². The van der Waals surface area contributed by atoms with Crippen molar-refractivity contribution in [3.8, 4) is 11.3 Å². The largest absolute Gasteiger partial charge is 0.368 e. The van der Waals surface area contributed by atoms with Crippen LogP contribution in [-0.2, 0) is 6.42 Å². The van der Waals surface area contributed by atoms with Crippen LogP contribution in [0.15, 0.2) is 30.3 Å². The van der Waals surface area contributed by atoms with E-state index in [4.69, 9.17) is 5.73 Å². The van der Waals surface area contributed by atoms with Crippen molar-refractivity contribution >= 4 is 11.6 Å². The summed E-state index contributed by atoms with van der Waals surface area (Å²) in [7, 11) is 0. The third-order valence-electron chi connectivity index (χ3n) is 4.11. The second-order valence-electron chi connectivity index (χ2n) is 6.09. The predicted molar refractivity (Wildman–Crippen MR) is 85.7 cm³/mol. The normalized spacial score (nSPS) is 16.9. The zero-order valence-electron chi connectivity index (χ0n) is 13.2. The molecule has 9 heteroatoms. The molecule has 0 bridgehead atoms. The lowest BCUT2D eigenvalue weighted by molar-refractivity contribution is -0.129. The summed E-state index contributed by atoms with van der Waals surface area (Å²) in [6.07, 6.45) is 0.423. The van der Waals surface area contributed by atoms with Gasteiger partial charge in [0.25, 0.3) is 5.92 Å². The van der Waals surface area contributed by atoms with Crippen molar-refractivity contribution in [1.29, 1.82) is 0 Å². The van der Waals surface area contributed by atoms with Gasteiger partial charge in [-0.1, -0.05) is 12.1 Å². The second-order valence-corrected chi connectivity index (χ2v) is 6.09. The zero-order chi connectivity index (χ0) is 17.6. The number of rotatable bonds is 4. The third-order valence-corrected chi connectivity index (χ3v) is 4.11. The fourth-order valence-electron chi connectivity index (χ4n) is 2.89. The maximum Gasteiger partial charge on any atom is 0.272 e. The highest BCUT2D eigenvalue weighted by Crippen LogP contribution is 2.26. The number of nitrogens with zero attached hydrogens (tertiary/aromatic N) is 5. The first-order valence-electron chi connectivity index (χ1n) is 7.78. The van der Waals surface area contributed by atoms with E-state index in [0.717, 1.165) is 0 Å². The maximum atomic E-state index is 13.9. The number of likely N-dealkylation sites (tertiary alicyclic amines) is 1. The summed E-state index contributed by atoms with van der Waals surface area (Å²) in [4.78, 5) is 10.2. The van der Waals surface area contributed by atoms with Crippen LogP contribution in [0.2, 0.25) is 0 Å². The average molecular weight is 348 g/mol. The minimum Gasteiger partial charge on any atom is -0.368 e. The topological polar surface area (TPSA) is 72.3 Å². The number of halogens is 3. The van der Waals surface area contributed by atoms with E-state index < -0.39 is 11.7 Å². The molecule has 3 heterocycles. The van der Waals surface area contributed by atoms with Crippen LogP contribution in [0.4, 0.5) is 19.1 Å². The van der Waals surface area contributed by atoms with Crippen LogP contribution in [0.1, 0.15) is 5.82 Å². The van der Waals surface area contributed by atoms with Crippen molar-refractivity contribution < 1.29 is 13.2 Å². The molecule has 0 unspecified atom stereocenters. The molecule has 3 aromatic rings. The number of benzene rings is 1. The molecule has 1 aliphatic rings. The van der Waals surface area contributed by atoms with Gasteiger partial charge in [-0.3, -0.25) is 4.90 Å². The van der Waals surface area contributed by atoms with Gasteiger partial charge in [0.1, 0.15) is 5.82 Å². The van der Waals surface area contributed by atoms with Gasteiger partial charge in [0.15, 0.2) is 11.5 Å². The summed E-state index contributed by atoms with van der Waals surface area (Å²) in [6.45, 7) is -0.0248. The molecule has 0 spiro atoms. The van der Waals surface area contributed by atoms with Crippen LogP contribution in [0.3, 0.4) is 0 Å². The number of aromatic nitrogens is 4. The van der Waals surface area contributed by atoms with E-state index in [-0.39, 0.29) is 19.0 Å². The summed E-state index contributed by atoms with van der Waals surface area (Å²) >= 11 is 0. The van der Waals surface area contributed by atoms with Gasteiger partial charge in [-0.05, 0) is 12.1 Å². The summed E-state index contributed by atoms with van der Waals surface area (Å²) in [5.74, 6) is -2.42. The van der Waals surface area contributed by atoms with Gasteiger partial charge in [0.2, 0.25) is 5.95 Å². The van der Waals surface area contributed by atoms with E-state index in [2.05, 4.69) is 15.1 Å². The lowest BCUT2D eigenvalue weighted by Gasteiger charge is -2.38. The van der Waals surface area contributed by atoms with Gasteiger partial charge in [-0.15, -0.1) is 5.10 Å². The van der Waals surface area contributed by atoms with E-state index >= 15 is 0 Å². The number of fused-ring (bicyclic) bond motifs is 1. The number of hydrogen-bond acceptors (Lipinski definition) is 5. The third kappa shape index (κ3) is 3.02. The molecule has 0 atom stereocenters. The Morgan fingerprint density at radius 2 is 1.92 bits per heavy atom. The van der Waals surface area contributed by atoms with Crippen molar-refractivity contribution in [2.24, 2.45) is 0 Å². The van der Waals surface area contributed by atoms with Crippen LogP contribution in [0, 0.1) is 5.82 Å². The van der Waals surface area contributed by atoms with Gasteiger partial charge in [0.05, 0.1) is 18.8 Å². The molecule has 0 amide bonds. The van der Waals surface area contributed by atoms with Crippen molar-refractivity contribution in [2.45, 2.75) is 12.3 Å². The number of alkyl halides is 2. The molecule has 6 nitrogen and oxygen atoms in total. The van der Waals surface area contributed by atoms with Crippen molar-refractivity contribution in [1.82, 2.24) is 24.5 Å². The monoisotopic (exact) mass is 348 g/mol. The Balaban J connectivity index is 1.58. The molecule has 0 aliphatic carbocycles. The van der Waals surface area contributed by atoms with Crippen LogP contribution < -0.4 is 5.73 Å². The molecule has 1 saturated heterocycles. The van der Waals surface area contributed by atoms with Crippen LogP contribution in [-0.4, -0.2) is 50.0 Å². The fraction of sp³-hybridized carbons (Fsp3) is 0.312. The second kappa shape index (κ2) is 5.69. The first kappa shape index (κ1) is 15.8. The number of nitrogens with two attached hydrogens (primary N) is 1. The maximum absolute atomic E-state index is 13.9. The molecule has 130 valence electrons. The molecule has 0 saturated carbocycles. The SMILES string of the molecule is Nc1nc(-c2ccccc2F)cc2nc(CCN3CC(F)(F)C3)nn12. The minimum atomic E-state index is -2.59. The number of anilines is 1. The van der Waals surface area contributed by atoms with Crippen molar-refractivity contribution in [2.75, 3.05) is 25.4 Å². The molecule has 1 aliphatic heterocycles. The summed E-state index contributed by atoms with van der Waals surface area (Å²) < 4.78 is 41.0. The lowest BCUT2D eigenvalue weighted by atomic mass is 10.1. The molecular formula is C16H15F3N6. The highest BCUT2D eigenvalue weighted by atomic mass is 19.3. The lowest BCUT2D eigenvalue weighted by Crippen LogP contribution is -2.56. The average Bonchev–Trinajstić information content (AvgIpc) is 2.95. The molecular weight excluding hydrogens is 333 g/mol. The Hall–Kier alpha value is -2.68. The molecule has 4 rings (SSSR count). The van der Waals surface area contributed by atoms with Gasteiger partial charge in [0, 0.05) is 24.6 Å². The molecule has 1 fully saturated rings. The van der Waals surface area contributed by atoms with E-state index in [1.54, 1.807) is 29.2 Å². The Morgan fingerprint density at radius 3 is 2.64 bits per heavy atom. The van der Waals surface area contributed by atoms with Crippen LogP contribution >= 0.6 is 0 Å². The molecule has 2 N–H and O–H groups in total. The molecule has 2 aromatic heterocycles. The van der Waals surface area contributed by atoms with Crippen molar-refractivity contribution in [3.05, 3.63) is 42.0 Å². The van der Waals surface area contributed by atoms with E-state index in [9.17, 15) is 13.2 Å². The molecule has 0 radical (unpaired) electrons. The summed E-state index contributed by atoms with van der Waals surface area (Å²) in [5.41, 5.74) is 7.03. The fourth-order valence-corrected chi connectivity index (χ4v) is 2.89. The van der Waals surface area contributed by atoms with Crippen LogP contribution in [0.25, 0.3) is 16.9 Å². The quantitative estimate of drug-likeness (QED) is 0.781. The number of nitrogen functional groups attached to an aromatic ring is 1. The molecule has 1 aromatic carbocycles. The molecule has 25 heavy (non-hydrogen) atoms.